The summed E-state index contributed by atoms with van der Waals surface area (Å²) in [6.07, 6.45) is 0. The normalized spacial score (nSPS) is 0.800. The molecule has 0 heterocycles. The Morgan fingerprint density at radius 2 is 1.00 bits per heavy atom. The Morgan fingerprint density at radius 1 is 1.00 bits per heavy atom. The van der Waals surface area contributed by atoms with Crippen molar-refractivity contribution in [3.8, 4) is 0 Å². The first-order valence-electron chi connectivity index (χ1n) is 0.144. The van der Waals surface area contributed by atoms with Gasteiger partial charge in [0, 0.05) is 0 Å². The second kappa shape index (κ2) is 51.4. The molecular weight excluding hydrogens is 238 g/mol. The molecule has 0 fully saturated rings. The van der Waals surface area contributed by atoms with Crippen molar-refractivity contribution in [2.24, 2.45) is 0 Å². The zero-order chi connectivity index (χ0) is 2.00. The summed E-state index contributed by atoms with van der Waals surface area (Å²) in [5.41, 5.74) is 0. The topological polar surface area (TPSA) is 74.1 Å². The first kappa shape index (κ1) is 31.9. The van der Waals surface area contributed by atoms with Gasteiger partial charge in [-0.3, -0.25) is 0 Å². The van der Waals surface area contributed by atoms with Crippen LogP contribution in [0.4, 0.5) is 0 Å². The third kappa shape index (κ3) is 30.9. The monoisotopic (exact) mass is 239 g/mol. The van der Waals surface area contributed by atoms with Crippen LogP contribution in [0.1, 0.15) is 0 Å². The predicted octanol–water partition coefficient (Wildman–Crippen LogP) is -0.361. The van der Waals surface area contributed by atoms with Gasteiger partial charge in [0.05, 0.1) is 0 Å². The average Bonchev–Trinajstić information content (AvgIpc) is 1.00. The molecule has 0 aliphatic rings. The van der Waals surface area contributed by atoms with E-state index in [1.54, 1.807) is 0 Å². The SMILES string of the molecule is [O-2].[O-2].[O]=[Ru+].[Y+3]. The molecule has 0 aliphatic heterocycles. The van der Waals surface area contributed by atoms with Crippen molar-refractivity contribution in [3.05, 3.63) is 0 Å². The van der Waals surface area contributed by atoms with Crippen molar-refractivity contribution in [1.29, 1.82) is 0 Å². The molecule has 5 heteroatoms. The molecule has 0 bridgehead atoms. The van der Waals surface area contributed by atoms with Gasteiger partial charge in [-0.1, -0.05) is 0 Å². The molecule has 0 aliphatic carbocycles. The largest absolute Gasteiger partial charge is 3.00 e. The molecule has 0 unspecified atom stereocenters. The quantitative estimate of drug-likeness (QED) is 0.531. The van der Waals surface area contributed by atoms with Crippen molar-refractivity contribution in [1.82, 2.24) is 0 Å². The van der Waals surface area contributed by atoms with Gasteiger partial charge in [-0.2, -0.15) is 0 Å². The Bertz CT molecular complexity index is 6.85. The molecule has 0 aromatic heterocycles. The molecule has 0 spiro atoms. The molecule has 0 aromatic rings. The number of hydrogen-bond acceptors (Lipinski definition) is 1. The maximum Gasteiger partial charge on any atom is 3.00 e. The summed E-state index contributed by atoms with van der Waals surface area (Å²) >= 11 is 1.10. The van der Waals surface area contributed by atoms with Gasteiger partial charge in [-0.15, -0.1) is 0 Å². The minimum atomic E-state index is 0. The Balaban J connectivity index is -0.00000000167. The summed E-state index contributed by atoms with van der Waals surface area (Å²) in [6.45, 7) is 0. The Hall–Kier alpha value is 1.45. The van der Waals surface area contributed by atoms with E-state index in [0.29, 0.717) is 0 Å². The molecule has 0 atom stereocenters. The van der Waals surface area contributed by atoms with Gasteiger partial charge in [-0.25, -0.2) is 0 Å². The zero-order valence-electron chi connectivity index (χ0n) is 2.16. The van der Waals surface area contributed by atoms with Gasteiger partial charge in [0.1, 0.15) is 0 Å². The predicted molar refractivity (Wildman–Crippen MR) is 2.06 cm³/mol. The van der Waals surface area contributed by atoms with Gasteiger partial charge in [0.15, 0.2) is 0 Å². The molecule has 0 rings (SSSR count). The molecule has 5 heavy (non-hydrogen) atoms. The molecule has 0 amide bonds. The Labute approximate surface area is 65.0 Å². The van der Waals surface area contributed by atoms with E-state index >= 15 is 0 Å². The number of rotatable bonds is 0. The van der Waals surface area contributed by atoms with Crippen molar-refractivity contribution < 1.29 is 65.5 Å². The summed E-state index contributed by atoms with van der Waals surface area (Å²) in [4.78, 5) is 0. The van der Waals surface area contributed by atoms with Crippen LogP contribution < -0.4 is 0 Å². The summed E-state index contributed by atoms with van der Waals surface area (Å²) in [5, 5.41) is 0. The van der Waals surface area contributed by atoms with Gasteiger partial charge in [0.2, 0.25) is 0 Å². The maximum atomic E-state index is 8.18. The molecule has 29 valence electrons. The minimum Gasteiger partial charge on any atom is 3.00 e. The van der Waals surface area contributed by atoms with E-state index in [9.17, 15) is 0 Å². The molecule has 0 aromatic carbocycles. The van der Waals surface area contributed by atoms with Crippen LogP contribution in [-0.4, -0.2) is 0 Å². The van der Waals surface area contributed by atoms with E-state index in [1.165, 1.54) is 0 Å². The molecule has 0 N–H and O–H groups in total. The molecule has 0 radical (unpaired) electrons. The number of hydrogen-bond donors (Lipinski definition) is 0. The van der Waals surface area contributed by atoms with Crippen molar-refractivity contribution in [2.75, 3.05) is 0 Å². The molecule has 3 nitrogen and oxygen atoms in total. The third-order valence-corrected chi connectivity index (χ3v) is 0. The first-order chi connectivity index (χ1) is 1.00. The standard InChI is InChI=1S/3O.Ru.Y/q;2*-2;+1;+3. The average molecular weight is 238 g/mol. The summed E-state index contributed by atoms with van der Waals surface area (Å²) < 4.78 is 8.18. The van der Waals surface area contributed by atoms with Gasteiger partial charge in [-0.05, 0) is 0 Å². The summed E-state index contributed by atoms with van der Waals surface area (Å²) in [6, 6.07) is 0. The molecule has 0 saturated carbocycles. The fourth-order valence-corrected chi connectivity index (χ4v) is 0. The second-order valence-corrected chi connectivity index (χ2v) is 0. The Morgan fingerprint density at radius 3 is 1.00 bits per heavy atom. The van der Waals surface area contributed by atoms with E-state index in [-0.39, 0.29) is 43.7 Å². The van der Waals surface area contributed by atoms with E-state index in [2.05, 4.69) is 0 Å². The molecular formula is O3RuY. The van der Waals surface area contributed by atoms with Crippen LogP contribution in [0.15, 0.2) is 0 Å². The molecule has 0 saturated heterocycles. The zero-order valence-corrected chi connectivity index (χ0v) is 6.73. The van der Waals surface area contributed by atoms with Crippen LogP contribution in [-0.2, 0) is 65.5 Å². The van der Waals surface area contributed by atoms with Crippen molar-refractivity contribution >= 4 is 0 Å². The van der Waals surface area contributed by atoms with Crippen LogP contribution in [0.25, 0.3) is 0 Å². The first-order valence-corrected chi connectivity index (χ1v) is 0.854. The maximum absolute atomic E-state index is 8.18. The van der Waals surface area contributed by atoms with Gasteiger partial charge < -0.3 is 11.0 Å². The van der Waals surface area contributed by atoms with E-state index < -0.39 is 0 Å². The van der Waals surface area contributed by atoms with Crippen molar-refractivity contribution in [2.45, 2.75) is 0 Å². The summed E-state index contributed by atoms with van der Waals surface area (Å²) in [5.74, 6) is 0. The van der Waals surface area contributed by atoms with Crippen molar-refractivity contribution in [3.63, 3.8) is 0 Å². The second-order valence-electron chi connectivity index (χ2n) is 0. The fourth-order valence-electron chi connectivity index (χ4n) is 0. The summed E-state index contributed by atoms with van der Waals surface area (Å²) in [7, 11) is 0. The van der Waals surface area contributed by atoms with E-state index in [0.717, 1.165) is 18.3 Å². The van der Waals surface area contributed by atoms with E-state index in [4.69, 9.17) is 3.57 Å². The van der Waals surface area contributed by atoms with Crippen LogP contribution in [0.3, 0.4) is 0 Å². The minimum absolute atomic E-state index is 0. The smallest absolute Gasteiger partial charge is 3.00 e. The Kier molecular flexibility index (Phi) is 329. The third-order valence-electron chi connectivity index (χ3n) is 0. The van der Waals surface area contributed by atoms with Crippen LogP contribution >= 0.6 is 0 Å². The van der Waals surface area contributed by atoms with Gasteiger partial charge in [0.25, 0.3) is 0 Å². The van der Waals surface area contributed by atoms with Gasteiger partial charge >= 0.3 is 54.5 Å². The van der Waals surface area contributed by atoms with E-state index in [1.807, 2.05) is 0 Å². The van der Waals surface area contributed by atoms with Crippen LogP contribution in [0.2, 0.25) is 0 Å². The van der Waals surface area contributed by atoms with Crippen LogP contribution in [0.5, 0.6) is 0 Å². The van der Waals surface area contributed by atoms with Crippen LogP contribution in [0, 0.1) is 0 Å². The fraction of sp³-hybridized carbons (Fsp3) is 0.